The van der Waals surface area contributed by atoms with E-state index in [1.54, 1.807) is 12.1 Å². The van der Waals surface area contributed by atoms with Gasteiger partial charge in [-0.1, -0.05) is 24.0 Å². The van der Waals surface area contributed by atoms with E-state index in [9.17, 15) is 0 Å². The molecule has 0 saturated heterocycles. The number of nitrogens with one attached hydrogen (secondary N) is 1. The average Bonchev–Trinajstić information content (AvgIpc) is 2.15. The molecule has 0 unspecified atom stereocenters. The van der Waals surface area contributed by atoms with Crippen molar-refractivity contribution < 1.29 is 0 Å². The standard InChI is InChI=1S/C10H10N2S/c11-10(12)9-5-3-8(4-6-9)2-1-7-13/h3-6,13H,7H2,(H3,11,12). The third-order valence-corrected chi connectivity index (χ3v) is 1.67. The summed E-state index contributed by atoms with van der Waals surface area (Å²) < 4.78 is 0. The Bertz CT molecular complexity index is 357. The van der Waals surface area contributed by atoms with Crippen LogP contribution in [0.3, 0.4) is 0 Å². The monoisotopic (exact) mass is 190 g/mol. The lowest BCUT2D eigenvalue weighted by atomic mass is 10.1. The van der Waals surface area contributed by atoms with Crippen molar-refractivity contribution in [3.8, 4) is 11.8 Å². The van der Waals surface area contributed by atoms with Crippen molar-refractivity contribution in [3.05, 3.63) is 35.4 Å². The Morgan fingerprint density at radius 2 is 2.00 bits per heavy atom. The Kier molecular flexibility index (Phi) is 3.41. The summed E-state index contributed by atoms with van der Waals surface area (Å²) in [5, 5.41) is 7.17. The first-order chi connectivity index (χ1) is 6.24. The summed E-state index contributed by atoms with van der Waals surface area (Å²) in [7, 11) is 0. The molecule has 0 spiro atoms. The zero-order chi connectivity index (χ0) is 9.68. The fraction of sp³-hybridized carbons (Fsp3) is 0.100. The lowest BCUT2D eigenvalue weighted by Crippen LogP contribution is -2.10. The van der Waals surface area contributed by atoms with Crippen LogP contribution in [0.4, 0.5) is 0 Å². The molecule has 0 bridgehead atoms. The Morgan fingerprint density at radius 3 is 2.46 bits per heavy atom. The molecule has 0 saturated carbocycles. The fourth-order valence-electron chi connectivity index (χ4n) is 0.875. The zero-order valence-electron chi connectivity index (χ0n) is 7.04. The minimum Gasteiger partial charge on any atom is -0.384 e. The molecule has 0 amide bonds. The number of hydrogen-bond donors (Lipinski definition) is 3. The van der Waals surface area contributed by atoms with Crippen molar-refractivity contribution in [3.63, 3.8) is 0 Å². The molecule has 0 aromatic heterocycles. The Labute approximate surface area is 83.1 Å². The molecule has 0 heterocycles. The van der Waals surface area contributed by atoms with E-state index in [1.165, 1.54) is 0 Å². The van der Waals surface area contributed by atoms with E-state index in [0.717, 1.165) is 11.1 Å². The number of benzene rings is 1. The maximum atomic E-state index is 7.17. The lowest BCUT2D eigenvalue weighted by Gasteiger charge is -1.96. The molecule has 1 aromatic carbocycles. The van der Waals surface area contributed by atoms with Crippen LogP contribution in [0.5, 0.6) is 0 Å². The normalized spacial score (nSPS) is 8.69. The minimum atomic E-state index is 0.0775. The van der Waals surface area contributed by atoms with E-state index in [2.05, 4.69) is 24.5 Å². The summed E-state index contributed by atoms with van der Waals surface area (Å²) >= 11 is 3.98. The van der Waals surface area contributed by atoms with Crippen LogP contribution in [0.25, 0.3) is 0 Å². The molecule has 0 aliphatic rings. The second kappa shape index (κ2) is 4.58. The smallest absolute Gasteiger partial charge is 0.122 e. The van der Waals surface area contributed by atoms with Crippen LogP contribution in [-0.4, -0.2) is 11.6 Å². The zero-order valence-corrected chi connectivity index (χ0v) is 7.94. The number of nitrogen functional groups attached to an aromatic ring is 1. The van der Waals surface area contributed by atoms with Gasteiger partial charge in [0.05, 0.1) is 5.75 Å². The van der Waals surface area contributed by atoms with E-state index in [-0.39, 0.29) is 5.84 Å². The summed E-state index contributed by atoms with van der Waals surface area (Å²) in [6.07, 6.45) is 0. The highest BCUT2D eigenvalue weighted by Gasteiger charge is 1.93. The Morgan fingerprint density at radius 1 is 1.38 bits per heavy atom. The van der Waals surface area contributed by atoms with Gasteiger partial charge in [-0.05, 0) is 12.1 Å². The first-order valence-electron chi connectivity index (χ1n) is 3.78. The SMILES string of the molecule is N=C(N)c1ccc(C#CCS)cc1. The van der Waals surface area contributed by atoms with Crippen molar-refractivity contribution in [2.75, 3.05) is 5.75 Å². The summed E-state index contributed by atoms with van der Waals surface area (Å²) in [4.78, 5) is 0. The molecule has 1 rings (SSSR count). The summed E-state index contributed by atoms with van der Waals surface area (Å²) in [6, 6.07) is 7.25. The van der Waals surface area contributed by atoms with E-state index in [1.807, 2.05) is 12.1 Å². The number of thiol groups is 1. The van der Waals surface area contributed by atoms with Gasteiger partial charge in [-0.3, -0.25) is 5.41 Å². The van der Waals surface area contributed by atoms with Crippen LogP contribution in [0.15, 0.2) is 24.3 Å². The average molecular weight is 190 g/mol. The third-order valence-electron chi connectivity index (χ3n) is 1.51. The maximum Gasteiger partial charge on any atom is 0.122 e. The first kappa shape index (κ1) is 9.69. The van der Waals surface area contributed by atoms with E-state index in [0.29, 0.717) is 5.75 Å². The molecule has 3 N–H and O–H groups in total. The molecule has 0 radical (unpaired) electrons. The van der Waals surface area contributed by atoms with Gasteiger partial charge in [-0.2, -0.15) is 12.6 Å². The predicted molar refractivity (Wildman–Crippen MR) is 58.2 cm³/mol. The van der Waals surface area contributed by atoms with Crippen LogP contribution in [0.2, 0.25) is 0 Å². The van der Waals surface area contributed by atoms with Gasteiger partial charge in [0.25, 0.3) is 0 Å². The molecule has 3 heteroatoms. The van der Waals surface area contributed by atoms with Crippen molar-refractivity contribution in [1.82, 2.24) is 0 Å². The van der Waals surface area contributed by atoms with Gasteiger partial charge in [0.2, 0.25) is 0 Å². The number of nitrogens with two attached hydrogens (primary N) is 1. The molecule has 0 fully saturated rings. The maximum absolute atomic E-state index is 7.17. The Hall–Kier alpha value is -1.40. The summed E-state index contributed by atoms with van der Waals surface area (Å²) in [5.41, 5.74) is 6.93. The first-order valence-corrected chi connectivity index (χ1v) is 4.41. The summed E-state index contributed by atoms with van der Waals surface area (Å²) in [6.45, 7) is 0. The van der Waals surface area contributed by atoms with Crippen molar-refractivity contribution in [1.29, 1.82) is 5.41 Å². The molecular weight excluding hydrogens is 180 g/mol. The lowest BCUT2D eigenvalue weighted by molar-refractivity contribution is 1.42. The highest BCUT2D eigenvalue weighted by Crippen LogP contribution is 2.01. The fourth-order valence-corrected chi connectivity index (χ4v) is 0.954. The molecule has 1 aromatic rings. The third kappa shape index (κ3) is 2.85. The number of hydrogen-bond acceptors (Lipinski definition) is 2. The van der Waals surface area contributed by atoms with Gasteiger partial charge in [0, 0.05) is 11.1 Å². The topological polar surface area (TPSA) is 49.9 Å². The molecule has 0 aliphatic carbocycles. The van der Waals surface area contributed by atoms with Crippen LogP contribution in [0.1, 0.15) is 11.1 Å². The van der Waals surface area contributed by atoms with Crippen molar-refractivity contribution in [2.45, 2.75) is 0 Å². The van der Waals surface area contributed by atoms with Gasteiger partial charge in [-0.25, -0.2) is 0 Å². The van der Waals surface area contributed by atoms with Gasteiger partial charge in [0.1, 0.15) is 5.84 Å². The van der Waals surface area contributed by atoms with Gasteiger partial charge in [-0.15, -0.1) is 0 Å². The summed E-state index contributed by atoms with van der Waals surface area (Å²) in [5.74, 6) is 6.39. The van der Waals surface area contributed by atoms with E-state index >= 15 is 0 Å². The van der Waals surface area contributed by atoms with E-state index in [4.69, 9.17) is 11.1 Å². The molecule has 13 heavy (non-hydrogen) atoms. The van der Waals surface area contributed by atoms with Crippen LogP contribution >= 0.6 is 12.6 Å². The molecule has 2 nitrogen and oxygen atoms in total. The predicted octanol–water partition coefficient (Wildman–Crippen LogP) is 1.25. The molecule has 0 aliphatic heterocycles. The second-order valence-corrected chi connectivity index (χ2v) is 2.77. The van der Waals surface area contributed by atoms with Crippen LogP contribution in [-0.2, 0) is 0 Å². The van der Waals surface area contributed by atoms with Gasteiger partial charge in [0.15, 0.2) is 0 Å². The molecule has 66 valence electrons. The van der Waals surface area contributed by atoms with Gasteiger partial charge < -0.3 is 5.73 Å². The Balaban J connectivity index is 2.87. The number of amidine groups is 1. The highest BCUT2D eigenvalue weighted by molar-refractivity contribution is 7.80. The molecular formula is C10H10N2S. The largest absolute Gasteiger partial charge is 0.384 e. The van der Waals surface area contributed by atoms with E-state index < -0.39 is 0 Å². The highest BCUT2D eigenvalue weighted by atomic mass is 32.1. The number of rotatable bonds is 1. The van der Waals surface area contributed by atoms with Gasteiger partial charge >= 0.3 is 0 Å². The quantitative estimate of drug-likeness (QED) is 0.265. The van der Waals surface area contributed by atoms with Crippen LogP contribution in [0, 0.1) is 17.3 Å². The van der Waals surface area contributed by atoms with Crippen LogP contribution < -0.4 is 5.73 Å². The second-order valence-electron chi connectivity index (χ2n) is 2.45. The van der Waals surface area contributed by atoms with Crippen molar-refractivity contribution in [2.24, 2.45) is 5.73 Å². The molecule has 0 atom stereocenters. The van der Waals surface area contributed by atoms with Crippen molar-refractivity contribution >= 4 is 18.5 Å². The minimum absolute atomic E-state index is 0.0775.